The zero-order valence-electron chi connectivity index (χ0n) is 12.8. The highest BCUT2D eigenvalue weighted by Crippen LogP contribution is 2.16. The van der Waals surface area contributed by atoms with Gasteiger partial charge < -0.3 is 10.2 Å². The van der Waals surface area contributed by atoms with E-state index in [1.165, 1.54) is 38.8 Å². The summed E-state index contributed by atoms with van der Waals surface area (Å²) in [5, 5.41) is 3.45. The molecule has 0 bridgehead atoms. The van der Waals surface area contributed by atoms with E-state index in [4.69, 9.17) is 0 Å². The summed E-state index contributed by atoms with van der Waals surface area (Å²) in [6, 6.07) is 6.10. The van der Waals surface area contributed by atoms with Crippen LogP contribution in [0.4, 0.5) is 4.39 Å². The number of likely N-dealkylation sites (tertiary alicyclic amines) is 1. The minimum absolute atomic E-state index is 0.118. The molecule has 2 rings (SSSR count). The van der Waals surface area contributed by atoms with E-state index in [0.717, 1.165) is 30.3 Å². The molecule has 3 heteroatoms. The van der Waals surface area contributed by atoms with E-state index in [1.54, 1.807) is 6.07 Å². The summed E-state index contributed by atoms with van der Waals surface area (Å²) < 4.78 is 13.2. The number of nitrogens with zero attached hydrogens (tertiary/aromatic N) is 1. The molecule has 112 valence electrons. The lowest BCUT2D eigenvalue weighted by Crippen LogP contribution is -2.38. The first-order valence-corrected chi connectivity index (χ1v) is 7.86. The Hall–Kier alpha value is -0.930. The summed E-state index contributed by atoms with van der Waals surface area (Å²) in [6.07, 6.45) is 5.28. The maximum absolute atomic E-state index is 13.2. The molecule has 1 aromatic carbocycles. The lowest BCUT2D eigenvalue weighted by molar-refractivity contribution is 0.159. The van der Waals surface area contributed by atoms with Crippen molar-refractivity contribution in [2.24, 2.45) is 0 Å². The molecule has 1 unspecified atom stereocenters. The second-order valence-electron chi connectivity index (χ2n) is 5.99. The highest BCUT2D eigenvalue weighted by molar-refractivity contribution is 5.23. The SMILES string of the molecule is Cc1cc(CNCCCN2CCCCC2C)ccc1F. The molecule has 0 aliphatic carbocycles. The van der Waals surface area contributed by atoms with Crippen molar-refractivity contribution in [2.75, 3.05) is 19.6 Å². The largest absolute Gasteiger partial charge is 0.313 e. The van der Waals surface area contributed by atoms with Crippen LogP contribution in [-0.2, 0) is 6.54 Å². The molecule has 1 aliphatic heterocycles. The van der Waals surface area contributed by atoms with Gasteiger partial charge in [0.2, 0.25) is 0 Å². The highest BCUT2D eigenvalue weighted by Gasteiger charge is 2.16. The van der Waals surface area contributed by atoms with E-state index >= 15 is 0 Å². The summed E-state index contributed by atoms with van der Waals surface area (Å²) in [5.41, 5.74) is 1.89. The van der Waals surface area contributed by atoms with Crippen LogP contribution in [0.3, 0.4) is 0 Å². The Labute approximate surface area is 122 Å². The highest BCUT2D eigenvalue weighted by atomic mass is 19.1. The van der Waals surface area contributed by atoms with Gasteiger partial charge in [0.25, 0.3) is 0 Å². The Bertz CT molecular complexity index is 419. The lowest BCUT2D eigenvalue weighted by atomic mass is 10.0. The third kappa shape index (κ3) is 4.57. The van der Waals surface area contributed by atoms with E-state index in [1.807, 2.05) is 19.1 Å². The fraction of sp³-hybridized carbons (Fsp3) is 0.647. The van der Waals surface area contributed by atoms with Gasteiger partial charge in [0, 0.05) is 12.6 Å². The molecule has 0 aromatic heterocycles. The van der Waals surface area contributed by atoms with Gasteiger partial charge >= 0.3 is 0 Å². The zero-order valence-corrected chi connectivity index (χ0v) is 12.8. The van der Waals surface area contributed by atoms with Crippen LogP contribution in [0, 0.1) is 12.7 Å². The van der Waals surface area contributed by atoms with Gasteiger partial charge in [-0.3, -0.25) is 0 Å². The van der Waals surface area contributed by atoms with Crippen LogP contribution < -0.4 is 5.32 Å². The van der Waals surface area contributed by atoms with Gasteiger partial charge in [0.1, 0.15) is 5.82 Å². The van der Waals surface area contributed by atoms with E-state index in [-0.39, 0.29) is 5.82 Å². The maximum atomic E-state index is 13.2. The summed E-state index contributed by atoms with van der Waals surface area (Å²) in [4.78, 5) is 2.60. The van der Waals surface area contributed by atoms with E-state index in [9.17, 15) is 4.39 Å². The van der Waals surface area contributed by atoms with Gasteiger partial charge in [-0.15, -0.1) is 0 Å². The third-order valence-corrected chi connectivity index (χ3v) is 4.29. The smallest absolute Gasteiger partial charge is 0.126 e. The van der Waals surface area contributed by atoms with Crippen LogP contribution in [-0.4, -0.2) is 30.6 Å². The van der Waals surface area contributed by atoms with Crippen LogP contribution >= 0.6 is 0 Å². The van der Waals surface area contributed by atoms with Crippen molar-refractivity contribution in [1.29, 1.82) is 0 Å². The van der Waals surface area contributed by atoms with Crippen LogP contribution in [0.25, 0.3) is 0 Å². The molecule has 0 spiro atoms. The monoisotopic (exact) mass is 278 g/mol. The van der Waals surface area contributed by atoms with Gasteiger partial charge in [-0.25, -0.2) is 4.39 Å². The van der Waals surface area contributed by atoms with Crippen molar-refractivity contribution in [2.45, 2.75) is 52.1 Å². The Kier molecular flexibility index (Phi) is 5.99. The third-order valence-electron chi connectivity index (χ3n) is 4.29. The van der Waals surface area contributed by atoms with Crippen molar-refractivity contribution >= 4 is 0 Å². The first-order chi connectivity index (χ1) is 9.66. The van der Waals surface area contributed by atoms with E-state index < -0.39 is 0 Å². The number of halogens is 1. The molecule has 1 heterocycles. The number of benzene rings is 1. The fourth-order valence-electron chi connectivity index (χ4n) is 2.95. The summed E-state index contributed by atoms with van der Waals surface area (Å²) in [6.45, 7) is 8.47. The Morgan fingerprint density at radius 3 is 2.95 bits per heavy atom. The lowest BCUT2D eigenvalue weighted by Gasteiger charge is -2.33. The molecular weight excluding hydrogens is 251 g/mol. The average Bonchev–Trinajstić information content (AvgIpc) is 2.44. The second kappa shape index (κ2) is 7.75. The zero-order chi connectivity index (χ0) is 14.4. The second-order valence-corrected chi connectivity index (χ2v) is 5.99. The van der Waals surface area contributed by atoms with Gasteiger partial charge in [0.05, 0.1) is 0 Å². The standard InChI is InChI=1S/C17H27FN2/c1-14-12-16(7-8-17(14)18)13-19-9-5-11-20-10-4-3-6-15(20)2/h7-8,12,15,19H,3-6,9-11,13H2,1-2H3. The quantitative estimate of drug-likeness (QED) is 0.801. The van der Waals surface area contributed by atoms with Crippen LogP contribution in [0.15, 0.2) is 18.2 Å². The fourth-order valence-corrected chi connectivity index (χ4v) is 2.95. The van der Waals surface area contributed by atoms with Gasteiger partial charge in [-0.2, -0.15) is 0 Å². The van der Waals surface area contributed by atoms with Crippen molar-refractivity contribution < 1.29 is 4.39 Å². The predicted octanol–water partition coefficient (Wildman–Crippen LogP) is 3.49. The average molecular weight is 278 g/mol. The minimum atomic E-state index is -0.118. The molecule has 20 heavy (non-hydrogen) atoms. The Morgan fingerprint density at radius 1 is 1.35 bits per heavy atom. The van der Waals surface area contributed by atoms with Crippen molar-refractivity contribution in [3.05, 3.63) is 35.1 Å². The molecule has 1 N–H and O–H groups in total. The van der Waals surface area contributed by atoms with E-state index in [2.05, 4.69) is 17.1 Å². The molecule has 0 radical (unpaired) electrons. The molecule has 2 nitrogen and oxygen atoms in total. The number of hydrogen-bond acceptors (Lipinski definition) is 2. The molecule has 1 fully saturated rings. The summed E-state index contributed by atoms with van der Waals surface area (Å²) in [7, 11) is 0. The number of aryl methyl sites for hydroxylation is 1. The van der Waals surface area contributed by atoms with Crippen molar-refractivity contribution in [3.8, 4) is 0 Å². The molecule has 0 saturated carbocycles. The predicted molar refractivity (Wildman–Crippen MR) is 82.3 cm³/mol. The number of hydrogen-bond donors (Lipinski definition) is 1. The van der Waals surface area contributed by atoms with Gasteiger partial charge in [-0.1, -0.05) is 18.6 Å². The van der Waals surface area contributed by atoms with E-state index in [0.29, 0.717) is 0 Å². The summed E-state index contributed by atoms with van der Waals surface area (Å²) in [5.74, 6) is -0.118. The van der Waals surface area contributed by atoms with Crippen LogP contribution in [0.5, 0.6) is 0 Å². The number of rotatable bonds is 6. The van der Waals surface area contributed by atoms with Crippen LogP contribution in [0.1, 0.15) is 43.7 Å². The maximum Gasteiger partial charge on any atom is 0.126 e. The van der Waals surface area contributed by atoms with Crippen molar-refractivity contribution in [3.63, 3.8) is 0 Å². The van der Waals surface area contributed by atoms with Gasteiger partial charge in [0.15, 0.2) is 0 Å². The Morgan fingerprint density at radius 2 is 2.20 bits per heavy atom. The minimum Gasteiger partial charge on any atom is -0.313 e. The molecule has 1 atom stereocenters. The number of nitrogens with one attached hydrogen (secondary N) is 1. The first-order valence-electron chi connectivity index (χ1n) is 7.86. The molecular formula is C17H27FN2. The summed E-state index contributed by atoms with van der Waals surface area (Å²) >= 11 is 0. The number of piperidine rings is 1. The first kappa shape index (κ1) is 15.5. The molecule has 1 saturated heterocycles. The molecule has 0 amide bonds. The van der Waals surface area contributed by atoms with Gasteiger partial charge in [-0.05, 0) is 69.9 Å². The molecule has 1 aliphatic rings. The Balaban J connectivity index is 1.62. The molecule has 1 aromatic rings. The normalized spacial score (nSPS) is 20.2. The van der Waals surface area contributed by atoms with Crippen molar-refractivity contribution in [1.82, 2.24) is 10.2 Å². The topological polar surface area (TPSA) is 15.3 Å². The van der Waals surface area contributed by atoms with Crippen LogP contribution in [0.2, 0.25) is 0 Å².